The summed E-state index contributed by atoms with van der Waals surface area (Å²) in [6.07, 6.45) is 1.44. The molecule has 0 bridgehead atoms. The van der Waals surface area contributed by atoms with Gasteiger partial charge >= 0.3 is 0 Å². The number of rotatable bonds is 4. The van der Waals surface area contributed by atoms with Crippen LogP contribution in [0.2, 0.25) is 0 Å². The van der Waals surface area contributed by atoms with Gasteiger partial charge in [-0.2, -0.15) is 5.26 Å². The molecule has 2 aliphatic rings. The lowest BCUT2D eigenvalue weighted by Gasteiger charge is -2.39. The van der Waals surface area contributed by atoms with Gasteiger partial charge in [0.2, 0.25) is 0 Å². The molecule has 1 unspecified atom stereocenters. The molecule has 0 saturated heterocycles. The first-order valence-electron chi connectivity index (χ1n) is 9.78. The second kappa shape index (κ2) is 7.96. The Morgan fingerprint density at radius 2 is 1.53 bits per heavy atom. The van der Waals surface area contributed by atoms with E-state index in [2.05, 4.69) is 6.07 Å². The summed E-state index contributed by atoms with van der Waals surface area (Å²) in [5.74, 6) is -0.738. The van der Waals surface area contributed by atoms with Gasteiger partial charge in [0.1, 0.15) is 5.82 Å². The average molecular weight is 431 g/mol. The molecule has 0 aromatic heterocycles. The number of nitro groups is 2. The van der Waals surface area contributed by atoms with Crippen molar-refractivity contribution in [3.8, 4) is 6.07 Å². The van der Waals surface area contributed by atoms with E-state index < -0.39 is 15.8 Å². The first-order chi connectivity index (χ1) is 15.3. The second-order valence-electron chi connectivity index (χ2n) is 7.44. The maximum absolute atomic E-state index is 13.0. The Kier molecular flexibility index (Phi) is 5.16. The molecular formula is C22H17N5O5. The monoisotopic (exact) mass is 431 g/mol. The Labute approximate surface area is 182 Å². The number of nitrogens with zero attached hydrogens (tertiary/aromatic N) is 4. The SMILES string of the molecule is N#CC1=C(N)N(c2ccc([N+](=O)[O-])cc2)C2=C(C(=O)CCC2)C1c1ccc([N+](=O)[O-])cc1. The topological polar surface area (TPSA) is 156 Å². The summed E-state index contributed by atoms with van der Waals surface area (Å²) in [6, 6.07) is 13.5. The number of allylic oxidation sites excluding steroid dienone is 3. The Bertz CT molecular complexity index is 1240. The minimum atomic E-state index is -0.738. The molecule has 1 atom stereocenters. The third-order valence-corrected chi connectivity index (χ3v) is 5.67. The van der Waals surface area contributed by atoms with Crippen LogP contribution in [-0.4, -0.2) is 15.6 Å². The highest BCUT2D eigenvalue weighted by atomic mass is 16.6. The molecule has 1 aliphatic carbocycles. The van der Waals surface area contributed by atoms with Crippen LogP contribution in [0.3, 0.4) is 0 Å². The van der Waals surface area contributed by atoms with Gasteiger partial charge in [-0.1, -0.05) is 12.1 Å². The third kappa shape index (κ3) is 3.35. The number of carbonyl (C=O) groups is 1. The smallest absolute Gasteiger partial charge is 0.269 e. The van der Waals surface area contributed by atoms with Crippen molar-refractivity contribution < 1.29 is 14.6 Å². The summed E-state index contributed by atoms with van der Waals surface area (Å²) < 4.78 is 0. The highest BCUT2D eigenvalue weighted by Crippen LogP contribution is 2.46. The molecule has 0 fully saturated rings. The van der Waals surface area contributed by atoms with Gasteiger partial charge in [-0.25, -0.2) is 0 Å². The van der Waals surface area contributed by atoms with Crippen molar-refractivity contribution in [2.75, 3.05) is 4.90 Å². The van der Waals surface area contributed by atoms with Gasteiger partial charge in [0.05, 0.1) is 27.4 Å². The van der Waals surface area contributed by atoms with E-state index in [1.165, 1.54) is 48.5 Å². The van der Waals surface area contributed by atoms with Crippen LogP contribution >= 0.6 is 0 Å². The van der Waals surface area contributed by atoms with Gasteiger partial charge in [-0.15, -0.1) is 0 Å². The molecule has 1 heterocycles. The van der Waals surface area contributed by atoms with Crippen molar-refractivity contribution in [1.29, 1.82) is 5.26 Å². The van der Waals surface area contributed by atoms with Gasteiger partial charge in [-0.05, 0) is 30.5 Å². The fourth-order valence-electron chi connectivity index (χ4n) is 4.23. The number of nitro benzene ring substituents is 2. The summed E-state index contributed by atoms with van der Waals surface area (Å²) in [5, 5.41) is 32.0. The molecule has 0 radical (unpaired) electrons. The van der Waals surface area contributed by atoms with Crippen LogP contribution in [-0.2, 0) is 4.79 Å². The number of Topliss-reactive ketones (excluding diaryl/α,β-unsaturated/α-hetero) is 1. The minimum Gasteiger partial charge on any atom is -0.384 e. The Balaban J connectivity index is 1.89. The van der Waals surface area contributed by atoms with Crippen LogP contribution in [0, 0.1) is 31.6 Å². The lowest BCUT2D eigenvalue weighted by Crippen LogP contribution is -2.38. The van der Waals surface area contributed by atoms with Crippen molar-refractivity contribution >= 4 is 22.8 Å². The lowest BCUT2D eigenvalue weighted by molar-refractivity contribution is -0.385. The van der Waals surface area contributed by atoms with Crippen LogP contribution in [0.5, 0.6) is 0 Å². The van der Waals surface area contributed by atoms with Crippen LogP contribution in [0.15, 0.2) is 71.2 Å². The maximum Gasteiger partial charge on any atom is 0.269 e. The van der Waals surface area contributed by atoms with Gasteiger partial charge in [-0.3, -0.25) is 29.9 Å². The molecule has 1 aliphatic heterocycles. The molecule has 0 spiro atoms. The van der Waals surface area contributed by atoms with Crippen molar-refractivity contribution in [3.63, 3.8) is 0 Å². The molecule has 32 heavy (non-hydrogen) atoms. The largest absolute Gasteiger partial charge is 0.384 e. The number of hydrogen-bond donors (Lipinski definition) is 1. The lowest BCUT2D eigenvalue weighted by atomic mass is 9.75. The first kappa shape index (κ1) is 20.7. The molecule has 160 valence electrons. The predicted octanol–water partition coefficient (Wildman–Crippen LogP) is 3.81. The molecule has 10 nitrogen and oxygen atoms in total. The number of ketones is 1. The highest BCUT2D eigenvalue weighted by molar-refractivity contribution is 6.01. The van der Waals surface area contributed by atoms with E-state index in [9.17, 15) is 30.3 Å². The van der Waals surface area contributed by atoms with Crippen molar-refractivity contribution in [3.05, 3.63) is 97.0 Å². The van der Waals surface area contributed by atoms with E-state index in [0.717, 1.165) is 0 Å². The summed E-state index contributed by atoms with van der Waals surface area (Å²) in [4.78, 5) is 35.6. The van der Waals surface area contributed by atoms with E-state index in [1.54, 1.807) is 4.90 Å². The fourth-order valence-corrected chi connectivity index (χ4v) is 4.23. The van der Waals surface area contributed by atoms with Crippen LogP contribution in [0.4, 0.5) is 17.1 Å². The number of non-ortho nitro benzene ring substituents is 2. The third-order valence-electron chi connectivity index (χ3n) is 5.67. The van der Waals surface area contributed by atoms with E-state index in [1.807, 2.05) is 0 Å². The molecular weight excluding hydrogens is 414 g/mol. The molecule has 2 aromatic carbocycles. The summed E-state index contributed by atoms with van der Waals surface area (Å²) in [6.45, 7) is 0. The summed E-state index contributed by atoms with van der Waals surface area (Å²) in [5.41, 5.74) is 8.49. The average Bonchev–Trinajstić information content (AvgIpc) is 2.78. The molecule has 2 aromatic rings. The molecule has 2 N–H and O–H groups in total. The number of nitriles is 1. The summed E-state index contributed by atoms with van der Waals surface area (Å²) in [7, 11) is 0. The van der Waals surface area contributed by atoms with Gasteiger partial charge in [0.25, 0.3) is 11.4 Å². The minimum absolute atomic E-state index is 0.0912. The molecule has 0 amide bonds. The fraction of sp³-hybridized carbons (Fsp3) is 0.182. The van der Waals surface area contributed by atoms with Crippen molar-refractivity contribution in [2.24, 2.45) is 5.73 Å². The summed E-state index contributed by atoms with van der Waals surface area (Å²) >= 11 is 0. The van der Waals surface area contributed by atoms with Gasteiger partial charge in [0, 0.05) is 47.6 Å². The number of anilines is 1. The van der Waals surface area contributed by atoms with Crippen molar-refractivity contribution in [2.45, 2.75) is 25.2 Å². The van der Waals surface area contributed by atoms with Gasteiger partial charge in [0.15, 0.2) is 5.78 Å². The Hall–Kier alpha value is -4.52. The normalized spacial score (nSPS) is 18.3. The zero-order valence-corrected chi connectivity index (χ0v) is 16.7. The molecule has 10 heteroatoms. The van der Waals surface area contributed by atoms with Crippen LogP contribution < -0.4 is 10.6 Å². The zero-order chi connectivity index (χ0) is 23.0. The molecule has 4 rings (SSSR count). The quantitative estimate of drug-likeness (QED) is 0.565. The number of hydrogen-bond acceptors (Lipinski definition) is 8. The number of benzene rings is 2. The van der Waals surface area contributed by atoms with Crippen LogP contribution in [0.1, 0.15) is 30.7 Å². The standard InChI is InChI=1S/C22H17N5O5/c23-12-17-20(13-4-6-15(7-5-13)26(29)30)21-18(2-1-3-19(21)28)25(22(17)24)14-8-10-16(11-9-14)27(31)32/h4-11,20H,1-3,24H2. The Morgan fingerprint density at radius 1 is 0.969 bits per heavy atom. The van der Waals surface area contributed by atoms with E-state index in [0.29, 0.717) is 41.8 Å². The van der Waals surface area contributed by atoms with Crippen LogP contribution in [0.25, 0.3) is 0 Å². The predicted molar refractivity (Wildman–Crippen MR) is 114 cm³/mol. The molecule has 0 saturated carbocycles. The number of nitrogens with two attached hydrogens (primary N) is 1. The van der Waals surface area contributed by atoms with E-state index >= 15 is 0 Å². The van der Waals surface area contributed by atoms with E-state index in [4.69, 9.17) is 5.73 Å². The second-order valence-corrected chi connectivity index (χ2v) is 7.44. The zero-order valence-electron chi connectivity index (χ0n) is 16.7. The first-order valence-corrected chi connectivity index (χ1v) is 9.78. The van der Waals surface area contributed by atoms with Crippen molar-refractivity contribution in [1.82, 2.24) is 0 Å². The van der Waals surface area contributed by atoms with Gasteiger partial charge < -0.3 is 5.73 Å². The maximum atomic E-state index is 13.0. The van der Waals surface area contributed by atoms with E-state index in [-0.39, 0.29) is 28.6 Å². The highest BCUT2D eigenvalue weighted by Gasteiger charge is 2.40. The Morgan fingerprint density at radius 3 is 2.06 bits per heavy atom. The number of carbonyl (C=O) groups excluding carboxylic acids is 1.